The zero-order valence-electron chi connectivity index (χ0n) is 15.1. The third-order valence-corrected chi connectivity index (χ3v) is 3.82. The van der Waals surface area contributed by atoms with Crippen LogP contribution in [0.5, 0.6) is 5.75 Å². The van der Waals surface area contributed by atoms with Crippen LogP contribution < -0.4 is 15.4 Å². The number of carbonyl (C=O) groups excluding carboxylic acids is 2. The maximum Gasteiger partial charge on any atom is 0.265 e. The van der Waals surface area contributed by atoms with E-state index in [1.54, 1.807) is 48.5 Å². The van der Waals surface area contributed by atoms with E-state index in [1.165, 1.54) is 0 Å². The van der Waals surface area contributed by atoms with Crippen LogP contribution in [-0.4, -0.2) is 24.0 Å². The summed E-state index contributed by atoms with van der Waals surface area (Å²) in [5.74, 6) is -0.0395. The van der Waals surface area contributed by atoms with Crippen molar-refractivity contribution in [2.24, 2.45) is 0 Å². The van der Waals surface area contributed by atoms with E-state index in [-0.39, 0.29) is 17.9 Å². The van der Waals surface area contributed by atoms with Crippen LogP contribution in [0.3, 0.4) is 0 Å². The number of amides is 2. The molecule has 0 saturated heterocycles. The molecule has 0 spiro atoms. The van der Waals surface area contributed by atoms with E-state index in [4.69, 9.17) is 16.3 Å². The number of carbonyl (C=O) groups is 2. The number of nitrogens with one attached hydrogen (secondary N) is 2. The van der Waals surface area contributed by atoms with E-state index in [0.29, 0.717) is 28.4 Å². The Hall–Kier alpha value is -2.53. The highest BCUT2D eigenvalue weighted by atomic mass is 35.5. The second kappa shape index (κ2) is 9.25. The van der Waals surface area contributed by atoms with Gasteiger partial charge in [-0.3, -0.25) is 9.59 Å². The predicted molar refractivity (Wildman–Crippen MR) is 104 cm³/mol. The minimum atomic E-state index is -0.699. The molecule has 5 nitrogen and oxygen atoms in total. The fourth-order valence-corrected chi connectivity index (χ4v) is 2.55. The lowest BCUT2D eigenvalue weighted by atomic mass is 10.1. The smallest absolute Gasteiger partial charge is 0.265 e. The Morgan fingerprint density at radius 3 is 2.50 bits per heavy atom. The standard InChI is InChI=1S/C20H23ClN2O3/c1-4-18(26-15-9-7-8-14(21)12-15)20(25)23-17-11-6-5-10-16(17)19(24)22-13(2)3/h5-13,18H,4H2,1-3H3,(H,22,24)(H,23,25)/t18-/m0/s1. The Balaban J connectivity index is 2.14. The molecule has 2 amide bonds. The SMILES string of the molecule is CC[C@H](Oc1cccc(Cl)c1)C(=O)Nc1ccccc1C(=O)NC(C)C. The number of anilines is 1. The van der Waals surface area contributed by atoms with E-state index in [9.17, 15) is 9.59 Å². The maximum atomic E-state index is 12.6. The van der Waals surface area contributed by atoms with Crippen LogP contribution in [0.1, 0.15) is 37.6 Å². The number of ether oxygens (including phenoxy) is 1. The molecule has 0 saturated carbocycles. The van der Waals surface area contributed by atoms with Gasteiger partial charge in [-0.05, 0) is 50.6 Å². The van der Waals surface area contributed by atoms with Gasteiger partial charge in [0.1, 0.15) is 5.75 Å². The van der Waals surface area contributed by atoms with Crippen molar-refractivity contribution in [3.63, 3.8) is 0 Å². The molecule has 0 fully saturated rings. The molecule has 0 heterocycles. The summed E-state index contributed by atoms with van der Waals surface area (Å²) in [7, 11) is 0. The van der Waals surface area contributed by atoms with E-state index >= 15 is 0 Å². The van der Waals surface area contributed by atoms with E-state index < -0.39 is 6.10 Å². The van der Waals surface area contributed by atoms with Crippen LogP contribution in [0.15, 0.2) is 48.5 Å². The molecule has 2 aromatic carbocycles. The molecule has 1 atom stereocenters. The van der Waals surface area contributed by atoms with Crippen molar-refractivity contribution in [2.45, 2.75) is 39.3 Å². The van der Waals surface area contributed by atoms with Gasteiger partial charge in [0, 0.05) is 11.1 Å². The molecule has 0 aliphatic heterocycles. The summed E-state index contributed by atoms with van der Waals surface area (Å²) in [4.78, 5) is 24.9. The zero-order valence-corrected chi connectivity index (χ0v) is 15.8. The molecule has 26 heavy (non-hydrogen) atoms. The summed E-state index contributed by atoms with van der Waals surface area (Å²) in [6.07, 6.45) is -0.228. The summed E-state index contributed by atoms with van der Waals surface area (Å²) >= 11 is 5.95. The summed E-state index contributed by atoms with van der Waals surface area (Å²) < 4.78 is 5.75. The number of rotatable bonds is 7. The number of para-hydroxylation sites is 1. The molecule has 0 aliphatic rings. The van der Waals surface area contributed by atoms with E-state index in [2.05, 4.69) is 10.6 Å². The van der Waals surface area contributed by atoms with Gasteiger partial charge in [0.15, 0.2) is 6.10 Å². The second-order valence-corrected chi connectivity index (χ2v) is 6.57. The molecule has 2 rings (SSSR count). The summed E-state index contributed by atoms with van der Waals surface area (Å²) in [6, 6.07) is 13.8. The van der Waals surface area contributed by atoms with Gasteiger partial charge in [0.25, 0.3) is 11.8 Å². The Morgan fingerprint density at radius 2 is 1.85 bits per heavy atom. The average molecular weight is 375 g/mol. The Kier molecular flexibility index (Phi) is 7.04. The highest BCUT2D eigenvalue weighted by molar-refractivity contribution is 6.30. The first kappa shape index (κ1) is 19.8. The maximum absolute atomic E-state index is 12.6. The zero-order chi connectivity index (χ0) is 19.1. The Labute approximate surface area is 158 Å². The molecule has 2 N–H and O–H groups in total. The minimum absolute atomic E-state index is 0.000750. The molecule has 138 valence electrons. The first-order valence-electron chi connectivity index (χ1n) is 8.53. The van der Waals surface area contributed by atoms with Gasteiger partial charge >= 0.3 is 0 Å². The fraction of sp³-hybridized carbons (Fsp3) is 0.300. The van der Waals surface area contributed by atoms with E-state index in [0.717, 1.165) is 0 Å². The Bertz CT molecular complexity index is 777. The molecular weight excluding hydrogens is 352 g/mol. The minimum Gasteiger partial charge on any atom is -0.481 e. The fourth-order valence-electron chi connectivity index (χ4n) is 2.37. The summed E-state index contributed by atoms with van der Waals surface area (Å²) in [5, 5.41) is 6.15. The first-order valence-corrected chi connectivity index (χ1v) is 8.91. The highest BCUT2D eigenvalue weighted by Crippen LogP contribution is 2.21. The molecule has 0 radical (unpaired) electrons. The van der Waals surface area contributed by atoms with Gasteiger partial charge in [0.2, 0.25) is 0 Å². The number of halogens is 1. The molecular formula is C20H23ClN2O3. The van der Waals surface area contributed by atoms with Gasteiger partial charge in [-0.25, -0.2) is 0 Å². The first-order chi connectivity index (χ1) is 12.4. The van der Waals surface area contributed by atoms with Crippen LogP contribution in [0, 0.1) is 0 Å². The third kappa shape index (κ3) is 5.49. The lowest BCUT2D eigenvalue weighted by Crippen LogP contribution is -2.34. The van der Waals surface area contributed by atoms with Crippen molar-refractivity contribution in [3.05, 3.63) is 59.1 Å². The largest absolute Gasteiger partial charge is 0.481 e. The lowest BCUT2D eigenvalue weighted by molar-refractivity contribution is -0.122. The molecule has 0 aliphatic carbocycles. The van der Waals surface area contributed by atoms with Crippen molar-refractivity contribution in [2.75, 3.05) is 5.32 Å². The topological polar surface area (TPSA) is 67.4 Å². The van der Waals surface area contributed by atoms with Crippen molar-refractivity contribution in [1.29, 1.82) is 0 Å². The molecule has 0 aromatic heterocycles. The van der Waals surface area contributed by atoms with Gasteiger partial charge in [0.05, 0.1) is 11.3 Å². The third-order valence-electron chi connectivity index (χ3n) is 3.59. The van der Waals surface area contributed by atoms with Gasteiger partial charge in [-0.15, -0.1) is 0 Å². The number of benzene rings is 2. The Morgan fingerprint density at radius 1 is 1.12 bits per heavy atom. The normalized spacial score (nSPS) is 11.7. The van der Waals surface area contributed by atoms with Crippen molar-refractivity contribution in [3.8, 4) is 5.75 Å². The van der Waals surface area contributed by atoms with Crippen LogP contribution in [-0.2, 0) is 4.79 Å². The van der Waals surface area contributed by atoms with Crippen LogP contribution in [0.25, 0.3) is 0 Å². The van der Waals surface area contributed by atoms with Crippen LogP contribution in [0.4, 0.5) is 5.69 Å². The molecule has 6 heteroatoms. The average Bonchev–Trinajstić information content (AvgIpc) is 2.59. The highest BCUT2D eigenvalue weighted by Gasteiger charge is 2.21. The monoisotopic (exact) mass is 374 g/mol. The van der Waals surface area contributed by atoms with Crippen molar-refractivity contribution in [1.82, 2.24) is 5.32 Å². The summed E-state index contributed by atoms with van der Waals surface area (Å²) in [5.41, 5.74) is 0.857. The van der Waals surface area contributed by atoms with Gasteiger partial charge in [-0.1, -0.05) is 36.7 Å². The number of hydrogen-bond acceptors (Lipinski definition) is 3. The summed E-state index contributed by atoms with van der Waals surface area (Å²) in [6.45, 7) is 5.61. The van der Waals surface area contributed by atoms with Crippen molar-refractivity contribution >= 4 is 29.1 Å². The van der Waals surface area contributed by atoms with Gasteiger partial charge < -0.3 is 15.4 Å². The molecule has 0 unspecified atom stereocenters. The quantitative estimate of drug-likeness (QED) is 0.760. The van der Waals surface area contributed by atoms with Gasteiger partial charge in [-0.2, -0.15) is 0 Å². The lowest BCUT2D eigenvalue weighted by Gasteiger charge is -2.19. The van der Waals surface area contributed by atoms with Crippen LogP contribution >= 0.6 is 11.6 Å². The van der Waals surface area contributed by atoms with E-state index in [1.807, 2.05) is 20.8 Å². The molecule has 2 aromatic rings. The van der Waals surface area contributed by atoms with Crippen LogP contribution in [0.2, 0.25) is 5.02 Å². The van der Waals surface area contributed by atoms with Crippen molar-refractivity contribution < 1.29 is 14.3 Å². The molecule has 0 bridgehead atoms. The number of hydrogen-bond donors (Lipinski definition) is 2. The second-order valence-electron chi connectivity index (χ2n) is 6.14. The predicted octanol–water partition coefficient (Wildman–Crippen LogP) is 4.27.